The summed E-state index contributed by atoms with van der Waals surface area (Å²) in [5, 5.41) is 0.790. The van der Waals surface area contributed by atoms with Crippen LogP contribution in [0.25, 0.3) is 11.0 Å². The Hall–Kier alpha value is -2.83. The number of carbonyl (C=O) groups excluding carboxylic acids is 2. The highest BCUT2D eigenvalue weighted by molar-refractivity contribution is 5.77. The fourth-order valence-corrected chi connectivity index (χ4v) is 2.17. The molecular formula is C19H22O7. The molecule has 7 heteroatoms. The van der Waals surface area contributed by atoms with Crippen molar-refractivity contribution < 1.29 is 28.2 Å². The second kappa shape index (κ2) is 9.60. The van der Waals surface area contributed by atoms with Crippen LogP contribution in [0.4, 0.5) is 0 Å². The van der Waals surface area contributed by atoms with Crippen LogP contribution in [-0.2, 0) is 19.1 Å². The third-order valence-corrected chi connectivity index (χ3v) is 3.61. The van der Waals surface area contributed by atoms with E-state index in [1.54, 1.807) is 38.1 Å². The Labute approximate surface area is 150 Å². The number of esters is 2. The summed E-state index contributed by atoms with van der Waals surface area (Å²) in [6.07, 6.45) is 0.284. The van der Waals surface area contributed by atoms with Gasteiger partial charge in [0.2, 0.25) is 0 Å². The fourth-order valence-electron chi connectivity index (χ4n) is 2.17. The molecule has 0 saturated heterocycles. The van der Waals surface area contributed by atoms with Gasteiger partial charge in [-0.25, -0.2) is 4.79 Å². The maximum Gasteiger partial charge on any atom is 0.336 e. The topological polar surface area (TPSA) is 92.0 Å². The first-order chi connectivity index (χ1) is 12.5. The molecular weight excluding hydrogens is 340 g/mol. The van der Waals surface area contributed by atoms with E-state index in [0.29, 0.717) is 17.8 Å². The van der Waals surface area contributed by atoms with Crippen LogP contribution in [0.2, 0.25) is 0 Å². The summed E-state index contributed by atoms with van der Waals surface area (Å²) in [4.78, 5) is 34.1. The second-order valence-electron chi connectivity index (χ2n) is 5.59. The van der Waals surface area contributed by atoms with Crippen molar-refractivity contribution in [3.05, 3.63) is 40.8 Å². The molecule has 0 saturated carbocycles. The Morgan fingerprint density at radius 3 is 2.54 bits per heavy atom. The van der Waals surface area contributed by atoms with Gasteiger partial charge in [0.1, 0.15) is 24.0 Å². The lowest BCUT2D eigenvalue weighted by molar-refractivity contribution is -0.159. The van der Waals surface area contributed by atoms with Gasteiger partial charge in [-0.15, -0.1) is 0 Å². The molecule has 1 aromatic heterocycles. The zero-order chi connectivity index (χ0) is 18.9. The highest BCUT2D eigenvalue weighted by Gasteiger charge is 2.16. The van der Waals surface area contributed by atoms with E-state index in [4.69, 9.17) is 18.6 Å². The van der Waals surface area contributed by atoms with Gasteiger partial charge in [0, 0.05) is 36.8 Å². The highest BCUT2D eigenvalue weighted by Crippen LogP contribution is 2.19. The second-order valence-corrected chi connectivity index (χ2v) is 5.59. The van der Waals surface area contributed by atoms with Crippen LogP contribution in [0.5, 0.6) is 5.75 Å². The largest absolute Gasteiger partial charge is 0.493 e. The Morgan fingerprint density at radius 2 is 1.81 bits per heavy atom. The lowest BCUT2D eigenvalue weighted by atomic mass is 10.2. The first kappa shape index (κ1) is 19.5. The van der Waals surface area contributed by atoms with Crippen molar-refractivity contribution in [1.82, 2.24) is 0 Å². The van der Waals surface area contributed by atoms with Crippen molar-refractivity contribution in [3.63, 3.8) is 0 Å². The molecule has 26 heavy (non-hydrogen) atoms. The summed E-state index contributed by atoms with van der Waals surface area (Å²) in [7, 11) is 0. The first-order valence-corrected chi connectivity index (χ1v) is 8.53. The van der Waals surface area contributed by atoms with E-state index in [9.17, 15) is 14.4 Å². The monoisotopic (exact) mass is 362 g/mol. The van der Waals surface area contributed by atoms with Crippen LogP contribution in [0.1, 0.15) is 33.1 Å². The third-order valence-electron chi connectivity index (χ3n) is 3.61. The van der Waals surface area contributed by atoms with Gasteiger partial charge in [-0.1, -0.05) is 13.8 Å². The third kappa shape index (κ3) is 5.91. The van der Waals surface area contributed by atoms with Crippen molar-refractivity contribution in [1.29, 1.82) is 0 Å². The Balaban J connectivity index is 1.93. The molecule has 2 aromatic rings. The molecule has 0 bridgehead atoms. The van der Waals surface area contributed by atoms with Gasteiger partial charge in [0.15, 0.2) is 0 Å². The minimum Gasteiger partial charge on any atom is -0.493 e. The number of hydrogen-bond acceptors (Lipinski definition) is 7. The highest BCUT2D eigenvalue weighted by atomic mass is 16.6. The molecule has 0 spiro atoms. The lowest BCUT2D eigenvalue weighted by Gasteiger charge is -2.18. The van der Waals surface area contributed by atoms with Gasteiger partial charge in [0.05, 0.1) is 6.61 Å². The van der Waals surface area contributed by atoms with Gasteiger partial charge in [-0.2, -0.15) is 0 Å². The van der Waals surface area contributed by atoms with Crippen molar-refractivity contribution in [2.75, 3.05) is 13.2 Å². The Morgan fingerprint density at radius 1 is 1.08 bits per heavy atom. The number of ether oxygens (including phenoxy) is 3. The minimum atomic E-state index is -0.573. The predicted octanol–water partition coefficient (Wildman–Crippen LogP) is 2.84. The summed E-state index contributed by atoms with van der Waals surface area (Å²) in [5.74, 6) is -0.193. The molecule has 1 atom stereocenters. The Kier molecular flexibility index (Phi) is 7.20. The van der Waals surface area contributed by atoms with Crippen LogP contribution in [0, 0.1) is 0 Å². The maximum atomic E-state index is 11.5. The summed E-state index contributed by atoms with van der Waals surface area (Å²) >= 11 is 0. The van der Waals surface area contributed by atoms with Gasteiger partial charge >= 0.3 is 17.6 Å². The average Bonchev–Trinajstić information content (AvgIpc) is 2.65. The van der Waals surface area contributed by atoms with Crippen LogP contribution in [0.3, 0.4) is 0 Å². The molecule has 2 rings (SSSR count). The maximum absolute atomic E-state index is 11.5. The first-order valence-electron chi connectivity index (χ1n) is 8.53. The van der Waals surface area contributed by atoms with Crippen LogP contribution < -0.4 is 10.4 Å². The molecule has 140 valence electrons. The number of benzene rings is 1. The molecule has 0 amide bonds. The molecule has 0 aliphatic rings. The lowest BCUT2D eigenvalue weighted by Crippen LogP contribution is -2.26. The average molecular weight is 362 g/mol. The van der Waals surface area contributed by atoms with Crippen molar-refractivity contribution in [2.24, 2.45) is 0 Å². The number of fused-ring (bicyclic) bond motifs is 1. The van der Waals surface area contributed by atoms with E-state index >= 15 is 0 Å². The predicted molar refractivity (Wildman–Crippen MR) is 94.0 cm³/mol. The molecule has 1 heterocycles. The number of hydrogen-bond donors (Lipinski definition) is 0. The minimum absolute atomic E-state index is 0.00559. The molecule has 1 unspecified atom stereocenters. The normalized spacial score (nSPS) is 11.8. The van der Waals surface area contributed by atoms with Gasteiger partial charge < -0.3 is 18.6 Å². The van der Waals surface area contributed by atoms with E-state index in [1.165, 1.54) is 6.07 Å². The van der Waals surface area contributed by atoms with Crippen molar-refractivity contribution in [3.8, 4) is 5.75 Å². The molecule has 7 nitrogen and oxygen atoms in total. The molecule has 0 aliphatic carbocycles. The summed E-state index contributed by atoms with van der Waals surface area (Å²) in [6.45, 7) is 3.62. The summed E-state index contributed by atoms with van der Waals surface area (Å²) in [6, 6.07) is 8.19. The van der Waals surface area contributed by atoms with E-state index in [0.717, 1.165) is 5.39 Å². The van der Waals surface area contributed by atoms with Crippen LogP contribution in [0.15, 0.2) is 39.5 Å². The molecule has 1 aromatic carbocycles. The van der Waals surface area contributed by atoms with E-state index < -0.39 is 11.7 Å². The number of carbonyl (C=O) groups is 2. The molecule has 0 radical (unpaired) electrons. The van der Waals surface area contributed by atoms with Crippen molar-refractivity contribution in [2.45, 2.75) is 39.2 Å². The van der Waals surface area contributed by atoms with E-state index in [1.807, 2.05) is 0 Å². The Bertz CT molecular complexity index is 809. The number of rotatable bonds is 9. The molecule has 0 fully saturated rings. The van der Waals surface area contributed by atoms with Crippen LogP contribution >= 0.6 is 0 Å². The van der Waals surface area contributed by atoms with E-state index in [2.05, 4.69) is 0 Å². The van der Waals surface area contributed by atoms with Crippen molar-refractivity contribution >= 4 is 22.9 Å². The molecule has 0 N–H and O–H groups in total. The zero-order valence-electron chi connectivity index (χ0n) is 14.9. The van der Waals surface area contributed by atoms with Gasteiger partial charge in [-0.3, -0.25) is 9.59 Å². The van der Waals surface area contributed by atoms with Gasteiger partial charge in [-0.05, 0) is 18.2 Å². The zero-order valence-corrected chi connectivity index (χ0v) is 14.9. The van der Waals surface area contributed by atoms with Gasteiger partial charge in [0.25, 0.3) is 0 Å². The fraction of sp³-hybridized carbons (Fsp3) is 0.421. The smallest absolute Gasteiger partial charge is 0.336 e. The summed E-state index contributed by atoms with van der Waals surface area (Å²) < 4.78 is 21.1. The van der Waals surface area contributed by atoms with Crippen LogP contribution in [-0.4, -0.2) is 31.3 Å². The summed E-state index contributed by atoms with van der Waals surface area (Å²) in [5.41, 5.74) is -0.000214. The molecule has 0 aliphatic heterocycles. The SMILES string of the molecule is CCC(=O)OCC(CCOc1ccc2ccc(=O)oc2c1)OC(=O)CC. The standard InChI is InChI=1S/C19H22O7/c1-3-17(20)24-12-15(25-18(21)4-2)9-10-23-14-7-5-13-6-8-19(22)26-16(13)11-14/h5-8,11,15H,3-4,9-10,12H2,1-2H3. The quantitative estimate of drug-likeness (QED) is 0.500. The van der Waals surface area contributed by atoms with E-state index in [-0.39, 0.29) is 38.0 Å².